The maximum Gasteiger partial charge on any atom is 0.285 e. The van der Waals surface area contributed by atoms with E-state index in [0.29, 0.717) is 13.0 Å². The van der Waals surface area contributed by atoms with Crippen molar-refractivity contribution in [3.8, 4) is 12.3 Å². The summed E-state index contributed by atoms with van der Waals surface area (Å²) in [5, 5.41) is 10.8. The number of hydrogen-bond donors (Lipinski definition) is 0. The number of rotatable bonds is 5. The van der Waals surface area contributed by atoms with Crippen LogP contribution in [0.5, 0.6) is 0 Å². The number of carbonyl (C=O) groups excluding carboxylic acids is 1. The Balaban J connectivity index is 3.17. The van der Waals surface area contributed by atoms with Gasteiger partial charge >= 0.3 is 0 Å². The third-order valence-electron chi connectivity index (χ3n) is 2.45. The van der Waals surface area contributed by atoms with Crippen LogP contribution in [-0.2, 0) is 0 Å². The van der Waals surface area contributed by atoms with Crippen molar-refractivity contribution in [3.05, 3.63) is 39.7 Å². The number of nitro benzene ring substituents is 1. The molecular formula is C13H13FN2O3. The summed E-state index contributed by atoms with van der Waals surface area (Å²) in [5.41, 5.74) is -0.710. The average molecular weight is 264 g/mol. The monoisotopic (exact) mass is 264 g/mol. The van der Waals surface area contributed by atoms with Crippen molar-refractivity contribution in [2.75, 3.05) is 13.1 Å². The second-order valence-corrected chi connectivity index (χ2v) is 3.85. The number of carbonyl (C=O) groups is 1. The van der Waals surface area contributed by atoms with Crippen LogP contribution in [0.4, 0.5) is 10.1 Å². The van der Waals surface area contributed by atoms with Gasteiger partial charge in [-0.25, -0.2) is 4.39 Å². The lowest BCUT2D eigenvalue weighted by atomic mass is 10.1. The Kier molecular flexibility index (Phi) is 5.01. The molecule has 0 unspecified atom stereocenters. The Morgan fingerprint density at radius 3 is 2.79 bits per heavy atom. The normalized spacial score (nSPS) is 9.74. The van der Waals surface area contributed by atoms with E-state index in [1.54, 1.807) is 0 Å². The number of amides is 1. The number of hydrogen-bond acceptors (Lipinski definition) is 3. The van der Waals surface area contributed by atoms with E-state index in [1.165, 1.54) is 4.90 Å². The molecule has 0 saturated carbocycles. The van der Waals surface area contributed by atoms with Gasteiger partial charge in [0.1, 0.15) is 11.4 Å². The molecule has 1 rings (SSSR count). The minimum Gasteiger partial charge on any atom is -0.327 e. The molecule has 0 spiro atoms. The first kappa shape index (κ1) is 14.6. The highest BCUT2D eigenvalue weighted by atomic mass is 19.1. The Morgan fingerprint density at radius 2 is 2.26 bits per heavy atom. The van der Waals surface area contributed by atoms with E-state index in [4.69, 9.17) is 6.42 Å². The fraction of sp³-hybridized carbons (Fsp3) is 0.308. The predicted molar refractivity (Wildman–Crippen MR) is 68.1 cm³/mol. The zero-order valence-corrected chi connectivity index (χ0v) is 10.4. The summed E-state index contributed by atoms with van der Waals surface area (Å²) in [6.07, 6.45) is 5.83. The van der Waals surface area contributed by atoms with Gasteiger partial charge in [0.15, 0.2) is 0 Å². The number of nitrogens with zero attached hydrogens (tertiary/aromatic N) is 2. The maximum absolute atomic E-state index is 13.0. The molecule has 19 heavy (non-hydrogen) atoms. The Bertz CT molecular complexity index is 537. The minimum atomic E-state index is -0.781. The van der Waals surface area contributed by atoms with Crippen LogP contribution in [0.1, 0.15) is 23.7 Å². The van der Waals surface area contributed by atoms with Crippen LogP contribution < -0.4 is 0 Å². The molecule has 0 aliphatic carbocycles. The lowest BCUT2D eigenvalue weighted by Gasteiger charge is -2.19. The Morgan fingerprint density at radius 1 is 1.58 bits per heavy atom. The molecule has 0 radical (unpaired) electrons. The fourth-order valence-corrected chi connectivity index (χ4v) is 1.64. The van der Waals surface area contributed by atoms with Gasteiger partial charge in [0.25, 0.3) is 11.6 Å². The summed E-state index contributed by atoms with van der Waals surface area (Å²) >= 11 is 0. The lowest BCUT2D eigenvalue weighted by Crippen LogP contribution is -2.32. The van der Waals surface area contributed by atoms with Gasteiger partial charge in [0.05, 0.1) is 17.5 Å². The zero-order valence-electron chi connectivity index (χ0n) is 10.4. The molecule has 1 amide bonds. The first-order valence-corrected chi connectivity index (χ1v) is 5.68. The van der Waals surface area contributed by atoms with Crippen molar-refractivity contribution in [3.63, 3.8) is 0 Å². The second kappa shape index (κ2) is 6.50. The van der Waals surface area contributed by atoms with Gasteiger partial charge in [-0.2, -0.15) is 0 Å². The van der Waals surface area contributed by atoms with Crippen molar-refractivity contribution >= 4 is 11.6 Å². The third kappa shape index (κ3) is 3.52. The van der Waals surface area contributed by atoms with Gasteiger partial charge in [0.2, 0.25) is 0 Å². The quantitative estimate of drug-likeness (QED) is 0.465. The maximum atomic E-state index is 13.0. The third-order valence-corrected chi connectivity index (χ3v) is 2.45. The molecule has 0 aliphatic rings. The van der Waals surface area contributed by atoms with Crippen molar-refractivity contribution in [2.45, 2.75) is 13.3 Å². The van der Waals surface area contributed by atoms with Crippen molar-refractivity contribution in [1.82, 2.24) is 4.90 Å². The average Bonchev–Trinajstić information content (AvgIpc) is 2.37. The van der Waals surface area contributed by atoms with Gasteiger partial charge < -0.3 is 4.90 Å². The van der Waals surface area contributed by atoms with E-state index in [9.17, 15) is 19.3 Å². The number of nitro groups is 1. The van der Waals surface area contributed by atoms with Gasteiger partial charge in [0, 0.05) is 6.54 Å². The van der Waals surface area contributed by atoms with E-state index >= 15 is 0 Å². The van der Waals surface area contributed by atoms with Crippen LogP contribution >= 0.6 is 0 Å². The summed E-state index contributed by atoms with van der Waals surface area (Å²) < 4.78 is 13.0. The van der Waals surface area contributed by atoms with E-state index in [1.807, 2.05) is 6.92 Å². The topological polar surface area (TPSA) is 63.5 Å². The van der Waals surface area contributed by atoms with Crippen LogP contribution in [-0.4, -0.2) is 28.8 Å². The molecule has 0 aliphatic heterocycles. The highest BCUT2D eigenvalue weighted by Gasteiger charge is 2.24. The summed E-state index contributed by atoms with van der Waals surface area (Å²) in [4.78, 5) is 23.5. The molecule has 0 aromatic heterocycles. The molecule has 0 N–H and O–H groups in total. The van der Waals surface area contributed by atoms with Crippen LogP contribution in [0.2, 0.25) is 0 Å². The van der Waals surface area contributed by atoms with E-state index in [-0.39, 0.29) is 12.1 Å². The second-order valence-electron chi connectivity index (χ2n) is 3.85. The van der Waals surface area contributed by atoms with Crippen LogP contribution in [0.3, 0.4) is 0 Å². The van der Waals surface area contributed by atoms with Crippen molar-refractivity contribution < 1.29 is 14.1 Å². The van der Waals surface area contributed by atoms with Crippen LogP contribution in [0.15, 0.2) is 18.2 Å². The first-order valence-electron chi connectivity index (χ1n) is 5.68. The fourth-order valence-electron chi connectivity index (χ4n) is 1.64. The largest absolute Gasteiger partial charge is 0.327 e. The summed E-state index contributed by atoms with van der Waals surface area (Å²) in [6, 6.07) is 2.85. The SMILES string of the molecule is C#CCN(CCC)C(=O)c1ccc(F)cc1[N+](=O)[O-]. The van der Waals surface area contributed by atoms with Crippen LogP contribution in [0, 0.1) is 28.3 Å². The lowest BCUT2D eigenvalue weighted by molar-refractivity contribution is -0.385. The van der Waals surface area contributed by atoms with Crippen LogP contribution in [0.25, 0.3) is 0 Å². The Labute approximate surface area is 110 Å². The molecule has 0 atom stereocenters. The Hall–Kier alpha value is -2.42. The highest BCUT2D eigenvalue weighted by Crippen LogP contribution is 2.21. The predicted octanol–water partition coefficient (Wildman–Crippen LogP) is 2.22. The minimum absolute atomic E-state index is 0.0568. The smallest absolute Gasteiger partial charge is 0.285 e. The summed E-state index contributed by atoms with van der Waals surface area (Å²) in [7, 11) is 0. The number of terminal acetylenes is 1. The zero-order chi connectivity index (χ0) is 14.4. The molecule has 1 aromatic rings. The van der Waals surface area contributed by atoms with Gasteiger partial charge in [-0.15, -0.1) is 6.42 Å². The van der Waals surface area contributed by atoms with E-state index < -0.39 is 22.3 Å². The first-order chi connectivity index (χ1) is 9.01. The van der Waals surface area contributed by atoms with Crippen molar-refractivity contribution in [1.29, 1.82) is 0 Å². The van der Waals surface area contributed by atoms with Crippen molar-refractivity contribution in [2.24, 2.45) is 0 Å². The molecule has 100 valence electrons. The summed E-state index contributed by atoms with van der Waals surface area (Å²) in [6.45, 7) is 2.30. The highest BCUT2D eigenvalue weighted by molar-refractivity contribution is 5.98. The molecule has 0 fully saturated rings. The number of halogens is 1. The molecule has 0 saturated heterocycles. The van der Waals surface area contributed by atoms with Gasteiger partial charge in [-0.1, -0.05) is 12.8 Å². The van der Waals surface area contributed by atoms with Gasteiger partial charge in [-0.05, 0) is 18.6 Å². The van der Waals surface area contributed by atoms with E-state index in [0.717, 1.165) is 18.2 Å². The molecule has 0 bridgehead atoms. The van der Waals surface area contributed by atoms with Gasteiger partial charge in [-0.3, -0.25) is 14.9 Å². The number of benzene rings is 1. The molecule has 5 nitrogen and oxygen atoms in total. The molecule has 1 aromatic carbocycles. The molecular weight excluding hydrogens is 251 g/mol. The van der Waals surface area contributed by atoms with E-state index in [2.05, 4.69) is 5.92 Å². The standard InChI is InChI=1S/C13H13FN2O3/c1-3-7-15(8-4-2)13(17)11-6-5-10(14)9-12(11)16(18)19/h1,5-6,9H,4,7-8H2,2H3. The molecule has 6 heteroatoms. The summed E-state index contributed by atoms with van der Waals surface area (Å²) in [5.74, 6) is 0.999. The molecule has 0 heterocycles.